The molecule has 0 unspecified atom stereocenters. The third kappa shape index (κ3) is 2.72. The lowest BCUT2D eigenvalue weighted by Crippen LogP contribution is -2.41. The summed E-state index contributed by atoms with van der Waals surface area (Å²) in [4.78, 5) is 2.71. The Labute approximate surface area is 118 Å². The van der Waals surface area contributed by atoms with Gasteiger partial charge in [0.15, 0.2) is 0 Å². The minimum Gasteiger partial charge on any atom is -0.300 e. The van der Waals surface area contributed by atoms with Crippen LogP contribution in [-0.2, 0) is 5.41 Å². The summed E-state index contributed by atoms with van der Waals surface area (Å²) in [6, 6.07) is 10.4. The third-order valence-electron chi connectivity index (χ3n) is 5.24. The van der Waals surface area contributed by atoms with E-state index in [1.807, 2.05) is 0 Å². The first-order valence-electron chi connectivity index (χ1n) is 7.93. The van der Waals surface area contributed by atoms with Gasteiger partial charge in [0.25, 0.3) is 0 Å². The molecule has 3 rings (SSSR count). The van der Waals surface area contributed by atoms with Crippen LogP contribution in [0.4, 0.5) is 0 Å². The Kier molecular flexibility index (Phi) is 3.42. The molecular formula is C18H27N. The molecule has 2 fully saturated rings. The quantitative estimate of drug-likeness (QED) is 0.779. The second kappa shape index (κ2) is 4.94. The van der Waals surface area contributed by atoms with Gasteiger partial charge >= 0.3 is 0 Å². The van der Waals surface area contributed by atoms with E-state index in [1.165, 1.54) is 44.3 Å². The summed E-state index contributed by atoms with van der Waals surface area (Å²) in [7, 11) is 0. The molecule has 1 saturated heterocycles. The number of hydrogen-bond donors (Lipinski definition) is 0. The Balaban J connectivity index is 1.70. The first-order valence-corrected chi connectivity index (χ1v) is 7.93. The molecule has 2 aliphatic rings. The zero-order valence-corrected chi connectivity index (χ0v) is 12.7. The van der Waals surface area contributed by atoms with Gasteiger partial charge < -0.3 is 4.90 Å². The van der Waals surface area contributed by atoms with E-state index in [0.29, 0.717) is 11.3 Å². The molecule has 1 aliphatic carbocycles. The molecule has 0 spiro atoms. The summed E-state index contributed by atoms with van der Waals surface area (Å²) in [6.07, 6.45) is 5.54. The molecule has 0 amide bonds. The highest BCUT2D eigenvalue weighted by Gasteiger charge is 2.37. The highest BCUT2D eigenvalue weighted by Crippen LogP contribution is 2.39. The van der Waals surface area contributed by atoms with Gasteiger partial charge in [-0.25, -0.2) is 0 Å². The van der Waals surface area contributed by atoms with Gasteiger partial charge in [-0.2, -0.15) is 0 Å². The fourth-order valence-electron chi connectivity index (χ4n) is 3.38. The predicted octanol–water partition coefficient (Wildman–Crippen LogP) is 4.33. The molecule has 0 radical (unpaired) electrons. The third-order valence-corrected chi connectivity index (χ3v) is 5.24. The van der Waals surface area contributed by atoms with Crippen LogP contribution in [0.25, 0.3) is 0 Å². The molecule has 1 heteroatoms. The molecule has 1 heterocycles. The zero-order valence-electron chi connectivity index (χ0n) is 12.7. The number of rotatable bonds is 3. The van der Waals surface area contributed by atoms with E-state index in [-0.39, 0.29) is 0 Å². The Morgan fingerprint density at radius 3 is 2.11 bits per heavy atom. The lowest BCUT2D eigenvalue weighted by atomic mass is 9.74. The Morgan fingerprint density at radius 1 is 1.05 bits per heavy atom. The normalized spacial score (nSPS) is 23.8. The Bertz CT molecular complexity index is 420. The lowest BCUT2D eigenvalue weighted by molar-refractivity contribution is 0.161. The number of hydrogen-bond acceptors (Lipinski definition) is 1. The monoisotopic (exact) mass is 257 g/mol. The highest BCUT2D eigenvalue weighted by molar-refractivity contribution is 5.30. The van der Waals surface area contributed by atoms with Crippen LogP contribution >= 0.6 is 0 Å². The van der Waals surface area contributed by atoms with E-state index >= 15 is 0 Å². The van der Waals surface area contributed by atoms with E-state index in [2.05, 4.69) is 49.9 Å². The second-order valence-electron chi connectivity index (χ2n) is 7.10. The molecule has 104 valence electrons. The molecule has 1 aliphatic heterocycles. The Morgan fingerprint density at radius 2 is 1.63 bits per heavy atom. The zero-order chi connectivity index (χ0) is 13.5. The summed E-state index contributed by atoms with van der Waals surface area (Å²) < 4.78 is 0. The summed E-state index contributed by atoms with van der Waals surface area (Å²) in [6.45, 7) is 9.59. The molecule has 1 aromatic rings. The van der Waals surface area contributed by atoms with E-state index < -0.39 is 0 Å². The molecule has 1 nitrogen and oxygen atoms in total. The molecule has 0 atom stereocenters. The molecule has 0 aromatic heterocycles. The SMILES string of the molecule is CC(C)c1ccc(C2(C)CCN(C3CC3)CC2)cc1. The smallest absolute Gasteiger partial charge is 0.00964 e. The van der Waals surface area contributed by atoms with Crippen molar-refractivity contribution in [3.05, 3.63) is 35.4 Å². The van der Waals surface area contributed by atoms with Gasteiger partial charge in [0.05, 0.1) is 0 Å². The van der Waals surface area contributed by atoms with Gasteiger partial charge in [-0.15, -0.1) is 0 Å². The average Bonchev–Trinajstić information content (AvgIpc) is 3.24. The molecule has 19 heavy (non-hydrogen) atoms. The van der Waals surface area contributed by atoms with Crippen molar-refractivity contribution >= 4 is 0 Å². The molecule has 1 saturated carbocycles. The molecule has 0 N–H and O–H groups in total. The Hall–Kier alpha value is -0.820. The van der Waals surface area contributed by atoms with Crippen LogP contribution in [0.1, 0.15) is 63.5 Å². The van der Waals surface area contributed by atoms with Crippen molar-refractivity contribution in [2.45, 2.75) is 63.8 Å². The minimum absolute atomic E-state index is 0.404. The van der Waals surface area contributed by atoms with Crippen LogP contribution in [0.15, 0.2) is 24.3 Å². The van der Waals surface area contributed by atoms with Crippen LogP contribution in [0.3, 0.4) is 0 Å². The van der Waals surface area contributed by atoms with Crippen molar-refractivity contribution in [3.63, 3.8) is 0 Å². The fraction of sp³-hybridized carbons (Fsp3) is 0.667. The number of benzene rings is 1. The predicted molar refractivity (Wildman–Crippen MR) is 81.7 cm³/mol. The van der Waals surface area contributed by atoms with Crippen molar-refractivity contribution in [1.29, 1.82) is 0 Å². The highest BCUT2D eigenvalue weighted by atomic mass is 15.2. The van der Waals surface area contributed by atoms with Crippen molar-refractivity contribution in [2.75, 3.05) is 13.1 Å². The topological polar surface area (TPSA) is 3.24 Å². The summed E-state index contributed by atoms with van der Waals surface area (Å²) in [5.41, 5.74) is 3.41. The number of likely N-dealkylation sites (tertiary alicyclic amines) is 1. The summed E-state index contributed by atoms with van der Waals surface area (Å²) in [5, 5.41) is 0. The molecular weight excluding hydrogens is 230 g/mol. The number of nitrogens with zero attached hydrogens (tertiary/aromatic N) is 1. The van der Waals surface area contributed by atoms with E-state index in [4.69, 9.17) is 0 Å². The minimum atomic E-state index is 0.404. The van der Waals surface area contributed by atoms with Gasteiger partial charge in [-0.05, 0) is 61.2 Å². The van der Waals surface area contributed by atoms with Crippen LogP contribution in [-0.4, -0.2) is 24.0 Å². The van der Waals surface area contributed by atoms with E-state index in [1.54, 1.807) is 5.56 Å². The van der Waals surface area contributed by atoms with Gasteiger partial charge in [0.1, 0.15) is 0 Å². The summed E-state index contributed by atoms with van der Waals surface area (Å²) >= 11 is 0. The van der Waals surface area contributed by atoms with E-state index in [9.17, 15) is 0 Å². The van der Waals surface area contributed by atoms with Crippen LogP contribution < -0.4 is 0 Å². The molecule has 1 aromatic carbocycles. The standard InChI is InChI=1S/C18H27N/c1-14(2)15-4-6-16(7-5-15)18(3)10-12-19(13-11-18)17-8-9-17/h4-7,14,17H,8-13H2,1-3H3. The summed E-state index contributed by atoms with van der Waals surface area (Å²) in [5.74, 6) is 0.638. The average molecular weight is 257 g/mol. The first-order chi connectivity index (χ1) is 9.08. The van der Waals surface area contributed by atoms with Crippen molar-refractivity contribution < 1.29 is 0 Å². The fourth-order valence-corrected chi connectivity index (χ4v) is 3.38. The maximum absolute atomic E-state index is 2.71. The van der Waals surface area contributed by atoms with Gasteiger partial charge in [-0.1, -0.05) is 45.0 Å². The van der Waals surface area contributed by atoms with Crippen LogP contribution in [0, 0.1) is 0 Å². The van der Waals surface area contributed by atoms with Gasteiger partial charge in [-0.3, -0.25) is 0 Å². The maximum atomic E-state index is 2.71. The van der Waals surface area contributed by atoms with Gasteiger partial charge in [0.2, 0.25) is 0 Å². The van der Waals surface area contributed by atoms with Crippen molar-refractivity contribution in [2.24, 2.45) is 0 Å². The largest absolute Gasteiger partial charge is 0.300 e. The second-order valence-corrected chi connectivity index (χ2v) is 7.10. The van der Waals surface area contributed by atoms with Crippen molar-refractivity contribution in [1.82, 2.24) is 4.90 Å². The number of piperidine rings is 1. The lowest BCUT2D eigenvalue weighted by Gasteiger charge is -2.40. The van der Waals surface area contributed by atoms with Crippen molar-refractivity contribution in [3.8, 4) is 0 Å². The van der Waals surface area contributed by atoms with Crippen LogP contribution in [0.5, 0.6) is 0 Å². The van der Waals surface area contributed by atoms with Gasteiger partial charge in [0, 0.05) is 6.04 Å². The first kappa shape index (κ1) is 13.2. The van der Waals surface area contributed by atoms with E-state index in [0.717, 1.165) is 6.04 Å². The maximum Gasteiger partial charge on any atom is 0.00964 e. The molecule has 0 bridgehead atoms. The van der Waals surface area contributed by atoms with Crippen LogP contribution in [0.2, 0.25) is 0 Å².